The molecule has 30 heavy (non-hydrogen) atoms. The van der Waals surface area contributed by atoms with Crippen LogP contribution in [0.15, 0.2) is 42.5 Å². The van der Waals surface area contributed by atoms with E-state index in [0.29, 0.717) is 0 Å². The van der Waals surface area contributed by atoms with E-state index in [1.54, 1.807) is 18.2 Å². The molecule has 0 unspecified atom stereocenters. The fourth-order valence-corrected chi connectivity index (χ4v) is 3.75. The highest BCUT2D eigenvalue weighted by Gasteiger charge is 2.27. The molecule has 2 aromatic rings. The largest absolute Gasteiger partial charge is 0.454 e. The molecular formula is C21H24N4O5. The van der Waals surface area contributed by atoms with Gasteiger partial charge in [-0.2, -0.15) is 0 Å². The summed E-state index contributed by atoms with van der Waals surface area (Å²) in [7, 11) is 0. The molecule has 2 aliphatic heterocycles. The van der Waals surface area contributed by atoms with E-state index < -0.39 is 4.92 Å². The molecule has 0 radical (unpaired) electrons. The molecule has 2 aromatic carbocycles. The number of amides is 1. The Morgan fingerprint density at radius 3 is 2.63 bits per heavy atom. The van der Waals surface area contributed by atoms with Crippen LogP contribution in [-0.4, -0.2) is 59.6 Å². The molecule has 9 nitrogen and oxygen atoms in total. The summed E-state index contributed by atoms with van der Waals surface area (Å²) in [5, 5.41) is 13.8. The minimum atomic E-state index is -0.491. The topological polar surface area (TPSA) is 97.2 Å². The van der Waals surface area contributed by atoms with E-state index >= 15 is 0 Å². The Balaban J connectivity index is 1.30. The molecule has 0 aliphatic carbocycles. The molecule has 2 heterocycles. The Bertz CT molecular complexity index is 943. The van der Waals surface area contributed by atoms with Crippen molar-refractivity contribution < 1.29 is 19.2 Å². The SMILES string of the molecule is C[C@H](C(=O)Nc1ccccc1[N+](=O)[O-])N1CCN(Cc2ccc3c(c2)OCO3)CC1. The summed E-state index contributed by atoms with van der Waals surface area (Å²) in [5.74, 6) is 1.32. The number of para-hydroxylation sites is 2. The van der Waals surface area contributed by atoms with Gasteiger partial charge in [-0.1, -0.05) is 18.2 Å². The van der Waals surface area contributed by atoms with E-state index in [-0.39, 0.29) is 30.1 Å². The fourth-order valence-electron chi connectivity index (χ4n) is 3.75. The number of nitrogens with zero attached hydrogens (tertiary/aromatic N) is 3. The molecule has 4 rings (SSSR count). The van der Waals surface area contributed by atoms with E-state index in [0.717, 1.165) is 49.8 Å². The van der Waals surface area contributed by atoms with Crippen molar-refractivity contribution >= 4 is 17.3 Å². The summed E-state index contributed by atoms with van der Waals surface area (Å²) in [5.41, 5.74) is 1.28. The summed E-state index contributed by atoms with van der Waals surface area (Å²) in [4.78, 5) is 27.7. The van der Waals surface area contributed by atoms with Crippen LogP contribution < -0.4 is 14.8 Å². The zero-order valence-corrected chi connectivity index (χ0v) is 16.7. The average molecular weight is 412 g/mol. The van der Waals surface area contributed by atoms with Gasteiger partial charge in [0.2, 0.25) is 12.7 Å². The standard InChI is InChI=1S/C21H24N4O5/c1-15(21(26)22-17-4-2-3-5-18(17)25(27)28)24-10-8-23(9-11-24)13-16-6-7-19-20(12-16)30-14-29-19/h2-7,12,15H,8-11,13-14H2,1H3,(H,22,26)/t15-/m1/s1. The Morgan fingerprint density at radius 2 is 1.87 bits per heavy atom. The van der Waals surface area contributed by atoms with Crippen molar-refractivity contribution in [2.45, 2.75) is 19.5 Å². The van der Waals surface area contributed by atoms with Crippen LogP contribution in [0.5, 0.6) is 11.5 Å². The van der Waals surface area contributed by atoms with Gasteiger partial charge in [-0.15, -0.1) is 0 Å². The summed E-state index contributed by atoms with van der Waals surface area (Å²) < 4.78 is 10.8. The molecule has 0 bridgehead atoms. The second kappa shape index (κ2) is 8.68. The molecule has 0 spiro atoms. The number of fused-ring (bicyclic) bond motifs is 1. The van der Waals surface area contributed by atoms with Gasteiger partial charge >= 0.3 is 0 Å². The Labute approximate surface area is 174 Å². The number of nitro benzene ring substituents is 1. The Kier molecular flexibility index (Phi) is 5.82. The third kappa shape index (κ3) is 4.37. The van der Waals surface area contributed by atoms with Crippen molar-refractivity contribution in [3.63, 3.8) is 0 Å². The van der Waals surface area contributed by atoms with Gasteiger partial charge in [0, 0.05) is 38.8 Å². The van der Waals surface area contributed by atoms with Gasteiger partial charge in [0.05, 0.1) is 11.0 Å². The van der Waals surface area contributed by atoms with Crippen LogP contribution in [0.25, 0.3) is 0 Å². The summed E-state index contributed by atoms with van der Waals surface area (Å²) in [6.45, 7) is 6.06. The van der Waals surface area contributed by atoms with Gasteiger partial charge in [0.25, 0.3) is 5.69 Å². The van der Waals surface area contributed by atoms with Gasteiger partial charge in [-0.3, -0.25) is 24.7 Å². The Morgan fingerprint density at radius 1 is 1.13 bits per heavy atom. The highest BCUT2D eigenvalue weighted by Crippen LogP contribution is 2.33. The second-order valence-electron chi connectivity index (χ2n) is 7.44. The maximum atomic E-state index is 12.7. The molecule has 2 aliphatic rings. The molecule has 1 N–H and O–H groups in total. The number of carbonyl (C=O) groups is 1. The number of nitro groups is 1. The van der Waals surface area contributed by atoms with Crippen molar-refractivity contribution in [1.82, 2.24) is 9.80 Å². The van der Waals surface area contributed by atoms with Gasteiger partial charge in [0.1, 0.15) is 5.69 Å². The van der Waals surface area contributed by atoms with Crippen LogP contribution in [-0.2, 0) is 11.3 Å². The van der Waals surface area contributed by atoms with Crippen molar-refractivity contribution in [2.75, 3.05) is 38.3 Å². The van der Waals surface area contributed by atoms with E-state index in [1.165, 1.54) is 6.07 Å². The molecule has 1 saturated heterocycles. The smallest absolute Gasteiger partial charge is 0.292 e. The van der Waals surface area contributed by atoms with Crippen LogP contribution in [0, 0.1) is 10.1 Å². The van der Waals surface area contributed by atoms with Gasteiger partial charge in [0.15, 0.2) is 11.5 Å². The lowest BCUT2D eigenvalue weighted by Crippen LogP contribution is -2.52. The number of hydrogen-bond donors (Lipinski definition) is 1. The minimum Gasteiger partial charge on any atom is -0.454 e. The maximum absolute atomic E-state index is 12.7. The quantitative estimate of drug-likeness (QED) is 0.575. The Hall–Kier alpha value is -3.17. The summed E-state index contributed by atoms with van der Waals surface area (Å²) >= 11 is 0. The predicted octanol–water partition coefficient (Wildman–Crippen LogP) is 2.47. The van der Waals surface area contributed by atoms with Crippen LogP contribution in [0.4, 0.5) is 11.4 Å². The lowest BCUT2D eigenvalue weighted by atomic mass is 10.1. The number of carbonyl (C=O) groups excluding carboxylic acids is 1. The van der Waals surface area contributed by atoms with E-state index in [4.69, 9.17) is 9.47 Å². The molecule has 1 amide bonds. The first kappa shape index (κ1) is 20.1. The highest BCUT2D eigenvalue weighted by molar-refractivity contribution is 5.96. The number of piperazine rings is 1. The number of anilines is 1. The van der Waals surface area contributed by atoms with Crippen LogP contribution in [0.1, 0.15) is 12.5 Å². The first-order chi connectivity index (χ1) is 14.5. The average Bonchev–Trinajstić information content (AvgIpc) is 3.22. The zero-order valence-electron chi connectivity index (χ0n) is 16.7. The monoisotopic (exact) mass is 412 g/mol. The molecule has 9 heteroatoms. The van der Waals surface area contributed by atoms with Crippen LogP contribution >= 0.6 is 0 Å². The zero-order chi connectivity index (χ0) is 21.1. The molecule has 1 atom stereocenters. The van der Waals surface area contributed by atoms with E-state index in [1.807, 2.05) is 25.1 Å². The van der Waals surface area contributed by atoms with Gasteiger partial charge < -0.3 is 14.8 Å². The summed E-state index contributed by atoms with van der Waals surface area (Å²) in [6, 6.07) is 11.8. The van der Waals surface area contributed by atoms with Crippen molar-refractivity contribution in [2.24, 2.45) is 0 Å². The fraction of sp³-hybridized carbons (Fsp3) is 0.381. The molecule has 0 saturated carbocycles. The van der Waals surface area contributed by atoms with E-state index in [9.17, 15) is 14.9 Å². The van der Waals surface area contributed by atoms with Gasteiger partial charge in [-0.05, 0) is 30.7 Å². The predicted molar refractivity (Wildman–Crippen MR) is 111 cm³/mol. The third-order valence-corrected chi connectivity index (χ3v) is 5.54. The normalized spacial score (nSPS) is 17.5. The maximum Gasteiger partial charge on any atom is 0.292 e. The van der Waals surface area contributed by atoms with Gasteiger partial charge in [-0.25, -0.2) is 0 Å². The lowest BCUT2D eigenvalue weighted by Gasteiger charge is -2.37. The van der Waals surface area contributed by atoms with Crippen molar-refractivity contribution in [1.29, 1.82) is 0 Å². The first-order valence-electron chi connectivity index (χ1n) is 9.90. The lowest BCUT2D eigenvalue weighted by molar-refractivity contribution is -0.383. The first-order valence-corrected chi connectivity index (χ1v) is 9.90. The molecule has 158 valence electrons. The molecule has 1 fully saturated rings. The number of nitrogens with one attached hydrogen (secondary N) is 1. The highest BCUT2D eigenvalue weighted by atomic mass is 16.7. The number of ether oxygens (including phenoxy) is 2. The molecule has 0 aromatic heterocycles. The van der Waals surface area contributed by atoms with Crippen LogP contribution in [0.2, 0.25) is 0 Å². The number of benzene rings is 2. The number of rotatable bonds is 6. The number of hydrogen-bond acceptors (Lipinski definition) is 7. The van der Waals surface area contributed by atoms with Crippen LogP contribution in [0.3, 0.4) is 0 Å². The van der Waals surface area contributed by atoms with E-state index in [2.05, 4.69) is 15.1 Å². The third-order valence-electron chi connectivity index (χ3n) is 5.54. The van der Waals surface area contributed by atoms with Crippen molar-refractivity contribution in [3.05, 3.63) is 58.1 Å². The second-order valence-corrected chi connectivity index (χ2v) is 7.44. The molecular weight excluding hydrogens is 388 g/mol. The summed E-state index contributed by atoms with van der Waals surface area (Å²) in [6.07, 6.45) is 0. The minimum absolute atomic E-state index is 0.105. The van der Waals surface area contributed by atoms with Crippen molar-refractivity contribution in [3.8, 4) is 11.5 Å².